The SMILES string of the molecule is COC(=O)CCOc1c[c]c(F)cc1Cl. The second kappa shape index (κ2) is 5.56. The van der Waals surface area contributed by atoms with Crippen LogP contribution in [0.1, 0.15) is 6.42 Å². The summed E-state index contributed by atoms with van der Waals surface area (Å²) in [5.41, 5.74) is 0. The molecule has 0 spiro atoms. The summed E-state index contributed by atoms with van der Waals surface area (Å²) in [6.45, 7) is 0.131. The van der Waals surface area contributed by atoms with Crippen molar-refractivity contribution in [1.29, 1.82) is 0 Å². The Labute approximate surface area is 91.7 Å². The van der Waals surface area contributed by atoms with Crippen LogP contribution in [0.4, 0.5) is 4.39 Å². The predicted molar refractivity (Wildman–Crippen MR) is 52.4 cm³/mol. The van der Waals surface area contributed by atoms with E-state index < -0.39 is 5.82 Å². The topological polar surface area (TPSA) is 35.5 Å². The van der Waals surface area contributed by atoms with Crippen LogP contribution >= 0.6 is 11.6 Å². The molecular weight excluding hydrogens is 223 g/mol. The number of rotatable bonds is 4. The van der Waals surface area contributed by atoms with E-state index in [1.165, 1.54) is 13.2 Å². The highest BCUT2D eigenvalue weighted by atomic mass is 35.5. The van der Waals surface area contributed by atoms with E-state index >= 15 is 0 Å². The summed E-state index contributed by atoms with van der Waals surface area (Å²) in [7, 11) is 1.29. The molecule has 81 valence electrons. The first kappa shape index (κ1) is 11.8. The summed E-state index contributed by atoms with van der Waals surface area (Å²) >= 11 is 5.68. The zero-order valence-electron chi connectivity index (χ0n) is 8.05. The van der Waals surface area contributed by atoms with E-state index in [1.54, 1.807) is 0 Å². The van der Waals surface area contributed by atoms with E-state index in [0.29, 0.717) is 5.75 Å². The van der Waals surface area contributed by atoms with Gasteiger partial charge in [-0.05, 0) is 12.1 Å². The van der Waals surface area contributed by atoms with Crippen molar-refractivity contribution in [3.8, 4) is 5.75 Å². The van der Waals surface area contributed by atoms with Gasteiger partial charge in [-0.25, -0.2) is 4.39 Å². The van der Waals surface area contributed by atoms with Gasteiger partial charge in [0, 0.05) is 6.07 Å². The fraction of sp³-hybridized carbons (Fsp3) is 0.300. The average molecular weight is 232 g/mol. The monoisotopic (exact) mass is 231 g/mol. The van der Waals surface area contributed by atoms with E-state index in [0.717, 1.165) is 6.07 Å². The number of carbonyl (C=O) groups is 1. The Morgan fingerprint density at radius 3 is 3.00 bits per heavy atom. The van der Waals surface area contributed by atoms with Crippen LogP contribution in [-0.4, -0.2) is 19.7 Å². The van der Waals surface area contributed by atoms with Gasteiger partial charge in [0.25, 0.3) is 0 Å². The molecule has 0 amide bonds. The molecule has 0 unspecified atom stereocenters. The lowest BCUT2D eigenvalue weighted by atomic mass is 10.3. The largest absolute Gasteiger partial charge is 0.491 e. The van der Waals surface area contributed by atoms with Crippen molar-refractivity contribution in [2.75, 3.05) is 13.7 Å². The maximum atomic E-state index is 12.6. The molecule has 0 bridgehead atoms. The van der Waals surface area contributed by atoms with E-state index in [9.17, 15) is 9.18 Å². The van der Waals surface area contributed by atoms with E-state index in [1.807, 2.05) is 0 Å². The smallest absolute Gasteiger partial charge is 0.308 e. The van der Waals surface area contributed by atoms with Crippen molar-refractivity contribution in [2.24, 2.45) is 0 Å². The maximum Gasteiger partial charge on any atom is 0.308 e. The third kappa shape index (κ3) is 3.75. The molecule has 1 rings (SSSR count). The Morgan fingerprint density at radius 2 is 2.40 bits per heavy atom. The molecule has 0 saturated heterocycles. The van der Waals surface area contributed by atoms with Crippen molar-refractivity contribution in [3.63, 3.8) is 0 Å². The third-order valence-corrected chi connectivity index (χ3v) is 1.92. The number of esters is 1. The summed E-state index contributed by atoms with van der Waals surface area (Å²) in [6, 6.07) is 4.68. The van der Waals surface area contributed by atoms with Gasteiger partial charge < -0.3 is 9.47 Å². The molecular formula is C10H9ClFO3. The first-order valence-corrected chi connectivity index (χ1v) is 4.57. The van der Waals surface area contributed by atoms with Gasteiger partial charge >= 0.3 is 5.97 Å². The molecule has 0 fully saturated rings. The number of methoxy groups -OCH3 is 1. The van der Waals surface area contributed by atoms with Crippen molar-refractivity contribution in [2.45, 2.75) is 6.42 Å². The highest BCUT2D eigenvalue weighted by Crippen LogP contribution is 2.24. The molecule has 15 heavy (non-hydrogen) atoms. The number of halogens is 2. The lowest BCUT2D eigenvalue weighted by molar-refractivity contribution is -0.141. The fourth-order valence-corrected chi connectivity index (χ4v) is 1.09. The van der Waals surface area contributed by atoms with Crippen LogP contribution < -0.4 is 4.74 Å². The zero-order valence-corrected chi connectivity index (χ0v) is 8.81. The van der Waals surface area contributed by atoms with Crippen LogP contribution in [0.5, 0.6) is 5.75 Å². The summed E-state index contributed by atoms with van der Waals surface area (Å²) in [5.74, 6) is -0.639. The number of carbonyl (C=O) groups excluding carboxylic acids is 1. The van der Waals surface area contributed by atoms with Crippen LogP contribution in [0.2, 0.25) is 5.02 Å². The van der Waals surface area contributed by atoms with Gasteiger partial charge in [-0.15, -0.1) is 0 Å². The lowest BCUT2D eigenvalue weighted by Gasteiger charge is -2.06. The van der Waals surface area contributed by atoms with Crippen LogP contribution in [0.25, 0.3) is 0 Å². The molecule has 0 aromatic heterocycles. The first-order valence-electron chi connectivity index (χ1n) is 4.20. The van der Waals surface area contributed by atoms with E-state index in [2.05, 4.69) is 10.8 Å². The van der Waals surface area contributed by atoms with Gasteiger partial charge in [-0.2, -0.15) is 0 Å². The minimum atomic E-state index is -0.555. The third-order valence-electron chi connectivity index (χ3n) is 1.62. The molecule has 1 radical (unpaired) electrons. The Bertz CT molecular complexity index is 355. The van der Waals surface area contributed by atoms with Gasteiger partial charge in [-0.1, -0.05) is 11.6 Å². The lowest BCUT2D eigenvalue weighted by Crippen LogP contribution is -2.07. The molecule has 3 nitrogen and oxygen atoms in total. The zero-order chi connectivity index (χ0) is 11.3. The van der Waals surface area contributed by atoms with Gasteiger partial charge in [0.2, 0.25) is 0 Å². The molecule has 1 aromatic rings. The van der Waals surface area contributed by atoms with Crippen LogP contribution in [0.3, 0.4) is 0 Å². The summed E-state index contributed by atoms with van der Waals surface area (Å²) < 4.78 is 22.1. The van der Waals surface area contributed by atoms with Gasteiger partial charge in [-0.3, -0.25) is 4.79 Å². The minimum absolute atomic E-state index is 0.115. The summed E-state index contributed by atoms with van der Waals surface area (Å²) in [4.78, 5) is 10.7. The van der Waals surface area contributed by atoms with Crippen LogP contribution in [0.15, 0.2) is 12.1 Å². The van der Waals surface area contributed by atoms with Gasteiger partial charge in [0.05, 0.1) is 25.2 Å². The molecule has 5 heteroatoms. The highest BCUT2D eigenvalue weighted by Gasteiger charge is 2.05. The van der Waals surface area contributed by atoms with E-state index in [4.69, 9.17) is 16.3 Å². The van der Waals surface area contributed by atoms with Crippen LogP contribution in [-0.2, 0) is 9.53 Å². The Morgan fingerprint density at radius 1 is 1.67 bits per heavy atom. The van der Waals surface area contributed by atoms with Crippen molar-refractivity contribution >= 4 is 17.6 Å². The minimum Gasteiger partial charge on any atom is -0.491 e. The quantitative estimate of drug-likeness (QED) is 0.746. The molecule has 0 aliphatic rings. The molecule has 0 atom stereocenters. The second-order valence-corrected chi connectivity index (χ2v) is 3.07. The van der Waals surface area contributed by atoms with Crippen molar-refractivity contribution in [1.82, 2.24) is 0 Å². The molecule has 0 saturated carbocycles. The predicted octanol–water partition coefficient (Wildman–Crippen LogP) is 2.22. The Hall–Kier alpha value is -1.29. The Balaban J connectivity index is 2.47. The molecule has 0 aliphatic heterocycles. The number of hydrogen-bond acceptors (Lipinski definition) is 3. The summed E-state index contributed by atoms with van der Waals surface area (Å²) in [5, 5.41) is 0.149. The van der Waals surface area contributed by atoms with E-state index in [-0.39, 0.29) is 24.0 Å². The Kier molecular flexibility index (Phi) is 4.37. The maximum absolute atomic E-state index is 12.6. The molecule has 0 N–H and O–H groups in total. The molecule has 1 aromatic carbocycles. The molecule has 0 heterocycles. The fourth-order valence-electron chi connectivity index (χ4n) is 0.884. The second-order valence-electron chi connectivity index (χ2n) is 2.67. The first-order chi connectivity index (χ1) is 7.13. The van der Waals surface area contributed by atoms with Crippen LogP contribution in [0, 0.1) is 11.9 Å². The number of benzene rings is 1. The van der Waals surface area contributed by atoms with Crippen molar-refractivity contribution < 1.29 is 18.7 Å². The molecule has 0 aliphatic carbocycles. The van der Waals surface area contributed by atoms with Gasteiger partial charge in [0.1, 0.15) is 11.6 Å². The number of hydrogen-bond donors (Lipinski definition) is 0. The normalized spacial score (nSPS) is 9.80. The van der Waals surface area contributed by atoms with Crippen molar-refractivity contribution in [3.05, 3.63) is 29.0 Å². The number of ether oxygens (including phenoxy) is 2. The standard InChI is InChI=1S/C10H9ClFO3/c1-14-10(13)4-5-15-9-3-2-7(12)6-8(9)11/h3,6H,4-5H2,1H3. The average Bonchev–Trinajstić information content (AvgIpc) is 2.21. The highest BCUT2D eigenvalue weighted by molar-refractivity contribution is 6.32. The van der Waals surface area contributed by atoms with Gasteiger partial charge in [0.15, 0.2) is 0 Å². The summed E-state index contributed by atoms with van der Waals surface area (Å²) in [6.07, 6.45) is 0.115.